The molecular formula is C12H13BrF3NO2. The van der Waals surface area contributed by atoms with Gasteiger partial charge in [-0.15, -0.1) is 13.2 Å². The highest BCUT2D eigenvalue weighted by molar-refractivity contribution is 9.10. The maximum absolute atomic E-state index is 12.3. The average molecular weight is 340 g/mol. The lowest BCUT2D eigenvalue weighted by Crippen LogP contribution is -2.28. The smallest absolute Gasteiger partial charge is 0.404 e. The molecule has 7 heteroatoms. The molecule has 1 aromatic carbocycles. The number of nitrogens with one attached hydrogen (secondary N) is 1. The summed E-state index contributed by atoms with van der Waals surface area (Å²) in [6, 6.07) is 4.00. The Balaban J connectivity index is 3.04. The van der Waals surface area contributed by atoms with Crippen LogP contribution in [0.2, 0.25) is 0 Å². The van der Waals surface area contributed by atoms with Crippen LogP contribution in [0, 0.1) is 5.41 Å². The molecule has 106 valence electrons. The predicted octanol–water partition coefficient (Wildman–Crippen LogP) is 4.33. The second-order valence-corrected chi connectivity index (χ2v) is 5.81. The molecule has 1 amide bonds. The van der Waals surface area contributed by atoms with Gasteiger partial charge in [-0.1, -0.05) is 36.7 Å². The van der Waals surface area contributed by atoms with Gasteiger partial charge in [-0.3, -0.25) is 4.79 Å². The molecule has 1 N–H and O–H groups in total. The molecular weight excluding hydrogens is 327 g/mol. The number of carbonyl (C=O) groups excluding carboxylic acids is 1. The van der Waals surface area contributed by atoms with Crippen molar-refractivity contribution in [3.63, 3.8) is 0 Å². The fourth-order valence-corrected chi connectivity index (χ4v) is 1.46. The van der Waals surface area contributed by atoms with E-state index in [1.807, 2.05) is 0 Å². The Kier molecular flexibility index (Phi) is 4.50. The first-order valence-corrected chi connectivity index (χ1v) is 6.15. The SMILES string of the molecule is CC(C)(C)C(=O)Nc1ccc(Br)cc1OC(F)(F)F. The normalized spacial score (nSPS) is 12.2. The monoisotopic (exact) mass is 339 g/mol. The van der Waals surface area contributed by atoms with Gasteiger partial charge in [0.2, 0.25) is 5.91 Å². The summed E-state index contributed by atoms with van der Waals surface area (Å²) < 4.78 is 41.1. The van der Waals surface area contributed by atoms with Gasteiger partial charge in [0.15, 0.2) is 5.75 Å². The van der Waals surface area contributed by atoms with Gasteiger partial charge in [-0.2, -0.15) is 0 Å². The summed E-state index contributed by atoms with van der Waals surface area (Å²) >= 11 is 3.05. The first kappa shape index (κ1) is 15.8. The third kappa shape index (κ3) is 5.10. The van der Waals surface area contributed by atoms with E-state index in [-0.39, 0.29) is 5.69 Å². The quantitative estimate of drug-likeness (QED) is 0.870. The van der Waals surface area contributed by atoms with Crippen molar-refractivity contribution in [2.45, 2.75) is 27.1 Å². The van der Waals surface area contributed by atoms with E-state index in [0.29, 0.717) is 4.47 Å². The van der Waals surface area contributed by atoms with Crippen LogP contribution in [0.5, 0.6) is 5.75 Å². The lowest BCUT2D eigenvalue weighted by Gasteiger charge is -2.20. The maximum atomic E-state index is 12.3. The molecule has 0 radical (unpaired) electrons. The molecule has 0 aliphatic carbocycles. The van der Waals surface area contributed by atoms with E-state index in [0.717, 1.165) is 6.07 Å². The molecule has 0 saturated carbocycles. The Morgan fingerprint density at radius 3 is 2.32 bits per heavy atom. The molecule has 19 heavy (non-hydrogen) atoms. The number of alkyl halides is 3. The number of hydrogen-bond donors (Lipinski definition) is 1. The minimum absolute atomic E-state index is 0.0274. The number of rotatable bonds is 2. The molecule has 1 rings (SSSR count). The molecule has 3 nitrogen and oxygen atoms in total. The van der Waals surface area contributed by atoms with Gasteiger partial charge in [0, 0.05) is 9.89 Å². The Morgan fingerprint density at radius 2 is 1.84 bits per heavy atom. The summed E-state index contributed by atoms with van der Waals surface area (Å²) in [5.41, 5.74) is -0.747. The summed E-state index contributed by atoms with van der Waals surface area (Å²) in [5, 5.41) is 2.42. The van der Waals surface area contributed by atoms with Crippen LogP contribution >= 0.6 is 15.9 Å². The van der Waals surface area contributed by atoms with Crippen LogP contribution in [0.15, 0.2) is 22.7 Å². The number of amides is 1. The topological polar surface area (TPSA) is 38.3 Å². The van der Waals surface area contributed by atoms with Crippen molar-refractivity contribution in [1.82, 2.24) is 0 Å². The molecule has 0 bridgehead atoms. The zero-order valence-electron chi connectivity index (χ0n) is 10.6. The average Bonchev–Trinajstić information content (AvgIpc) is 2.18. The van der Waals surface area contributed by atoms with Crippen LogP contribution in [0.25, 0.3) is 0 Å². The Bertz CT molecular complexity index is 481. The van der Waals surface area contributed by atoms with E-state index in [4.69, 9.17) is 0 Å². The number of benzene rings is 1. The lowest BCUT2D eigenvalue weighted by atomic mass is 9.95. The summed E-state index contributed by atoms with van der Waals surface area (Å²) in [4.78, 5) is 11.8. The van der Waals surface area contributed by atoms with Gasteiger partial charge >= 0.3 is 6.36 Å². The van der Waals surface area contributed by atoms with Crippen molar-refractivity contribution in [1.29, 1.82) is 0 Å². The summed E-state index contributed by atoms with van der Waals surface area (Å²) in [6.45, 7) is 4.97. The van der Waals surface area contributed by atoms with Crippen molar-refractivity contribution >= 4 is 27.5 Å². The van der Waals surface area contributed by atoms with Crippen LogP contribution in [-0.2, 0) is 4.79 Å². The van der Waals surface area contributed by atoms with Gasteiger partial charge in [0.25, 0.3) is 0 Å². The Labute approximate surface area is 117 Å². The van der Waals surface area contributed by atoms with Crippen LogP contribution in [0.1, 0.15) is 20.8 Å². The van der Waals surface area contributed by atoms with E-state index in [1.54, 1.807) is 20.8 Å². The molecule has 0 fully saturated rings. The number of carbonyl (C=O) groups is 1. The number of hydrogen-bond acceptors (Lipinski definition) is 2. The van der Waals surface area contributed by atoms with Crippen LogP contribution in [0.3, 0.4) is 0 Å². The minimum Gasteiger partial charge on any atom is -0.404 e. The molecule has 0 aliphatic rings. The second-order valence-electron chi connectivity index (χ2n) is 4.89. The van der Waals surface area contributed by atoms with Crippen molar-refractivity contribution in [2.24, 2.45) is 5.41 Å². The summed E-state index contributed by atoms with van der Waals surface area (Å²) in [7, 11) is 0. The molecule has 0 unspecified atom stereocenters. The number of anilines is 1. The first-order chi connectivity index (χ1) is 8.49. The molecule has 0 spiro atoms. The molecule has 0 aromatic heterocycles. The summed E-state index contributed by atoms with van der Waals surface area (Å²) in [5.74, 6) is -0.860. The molecule has 1 aromatic rings. The predicted molar refractivity (Wildman–Crippen MR) is 68.9 cm³/mol. The van der Waals surface area contributed by atoms with E-state index in [9.17, 15) is 18.0 Å². The second kappa shape index (κ2) is 5.40. The molecule has 0 atom stereocenters. The van der Waals surface area contributed by atoms with Crippen molar-refractivity contribution in [3.05, 3.63) is 22.7 Å². The number of ether oxygens (including phenoxy) is 1. The van der Waals surface area contributed by atoms with Crippen molar-refractivity contribution < 1.29 is 22.7 Å². The van der Waals surface area contributed by atoms with Gasteiger partial charge in [-0.25, -0.2) is 0 Å². The van der Waals surface area contributed by atoms with E-state index in [2.05, 4.69) is 26.0 Å². The molecule has 0 aliphatic heterocycles. The largest absolute Gasteiger partial charge is 0.573 e. The third-order valence-electron chi connectivity index (χ3n) is 2.10. The van der Waals surface area contributed by atoms with Gasteiger partial charge < -0.3 is 10.1 Å². The highest BCUT2D eigenvalue weighted by atomic mass is 79.9. The van der Waals surface area contributed by atoms with Crippen LogP contribution < -0.4 is 10.1 Å². The molecule has 0 heterocycles. The fourth-order valence-electron chi connectivity index (χ4n) is 1.12. The van der Waals surface area contributed by atoms with Gasteiger partial charge in [0.1, 0.15) is 0 Å². The van der Waals surface area contributed by atoms with Crippen molar-refractivity contribution in [2.75, 3.05) is 5.32 Å². The highest BCUT2D eigenvalue weighted by Gasteiger charge is 2.33. The van der Waals surface area contributed by atoms with Crippen LogP contribution in [0.4, 0.5) is 18.9 Å². The van der Waals surface area contributed by atoms with E-state index >= 15 is 0 Å². The lowest BCUT2D eigenvalue weighted by molar-refractivity contribution is -0.274. The fraction of sp³-hybridized carbons (Fsp3) is 0.417. The van der Waals surface area contributed by atoms with Gasteiger partial charge in [0.05, 0.1) is 5.69 Å². The summed E-state index contributed by atoms with van der Waals surface area (Å²) in [6.07, 6.45) is -4.82. The maximum Gasteiger partial charge on any atom is 0.573 e. The Morgan fingerprint density at radius 1 is 1.26 bits per heavy atom. The van der Waals surface area contributed by atoms with E-state index < -0.39 is 23.4 Å². The highest BCUT2D eigenvalue weighted by Crippen LogP contribution is 2.33. The first-order valence-electron chi connectivity index (χ1n) is 5.36. The van der Waals surface area contributed by atoms with Crippen molar-refractivity contribution in [3.8, 4) is 5.75 Å². The zero-order valence-corrected chi connectivity index (χ0v) is 12.1. The minimum atomic E-state index is -4.82. The number of halogens is 4. The third-order valence-corrected chi connectivity index (χ3v) is 2.59. The van der Waals surface area contributed by atoms with E-state index in [1.165, 1.54) is 12.1 Å². The Hall–Kier alpha value is -1.24. The standard InChI is InChI=1S/C12H13BrF3NO2/c1-11(2,3)10(18)17-8-5-4-7(13)6-9(8)19-12(14,15)16/h4-6H,1-3H3,(H,17,18). The zero-order chi connectivity index (χ0) is 14.8. The molecule has 0 saturated heterocycles. The van der Waals surface area contributed by atoms with Gasteiger partial charge in [-0.05, 0) is 18.2 Å². The van der Waals surface area contributed by atoms with Crippen LogP contribution in [-0.4, -0.2) is 12.3 Å².